The normalized spacial score (nSPS) is 30.0. The van der Waals surface area contributed by atoms with Gasteiger partial charge in [0.2, 0.25) is 5.91 Å². The zero-order valence-electron chi connectivity index (χ0n) is 13.7. The molecule has 2 bridgehead atoms. The van der Waals surface area contributed by atoms with Gasteiger partial charge in [-0.2, -0.15) is 0 Å². The van der Waals surface area contributed by atoms with Gasteiger partial charge in [-0.15, -0.1) is 0 Å². The van der Waals surface area contributed by atoms with Gasteiger partial charge in [-0.25, -0.2) is 0 Å². The van der Waals surface area contributed by atoms with E-state index in [2.05, 4.69) is 17.3 Å². The standard InChI is InChI=1S/C18H25ClN2O2/c1-11(22)18(23)20-17(12-3-5-14(19)6-4-12)13-9-15-7-8-16(10-13)21(15)2/h3-6,11,13,15-17,22H,7-10H2,1-2H3,(H,20,23)/t11-,13?,15-,16+,17-/m0/s1. The first kappa shape index (κ1) is 16.7. The van der Waals surface area contributed by atoms with Gasteiger partial charge in [-0.1, -0.05) is 23.7 Å². The third kappa shape index (κ3) is 3.54. The van der Waals surface area contributed by atoms with E-state index in [1.54, 1.807) is 0 Å². The molecule has 0 radical (unpaired) electrons. The van der Waals surface area contributed by atoms with E-state index in [-0.39, 0.29) is 11.9 Å². The summed E-state index contributed by atoms with van der Waals surface area (Å²) >= 11 is 6.00. The fourth-order valence-electron chi connectivity index (χ4n) is 4.14. The summed E-state index contributed by atoms with van der Waals surface area (Å²) in [5.74, 6) is 0.0869. The molecule has 2 saturated heterocycles. The molecule has 0 aromatic heterocycles. The fraction of sp³-hybridized carbons (Fsp3) is 0.611. The lowest BCUT2D eigenvalue weighted by Crippen LogP contribution is -2.46. The average Bonchev–Trinajstić information content (AvgIpc) is 2.75. The van der Waals surface area contributed by atoms with Crippen LogP contribution in [0.1, 0.15) is 44.2 Å². The molecule has 2 fully saturated rings. The molecule has 1 aromatic carbocycles. The van der Waals surface area contributed by atoms with Gasteiger partial charge in [0.1, 0.15) is 6.10 Å². The first-order valence-electron chi connectivity index (χ1n) is 8.41. The Hall–Kier alpha value is -1.10. The molecule has 23 heavy (non-hydrogen) atoms. The maximum atomic E-state index is 12.1. The van der Waals surface area contributed by atoms with Crippen molar-refractivity contribution in [2.75, 3.05) is 7.05 Å². The lowest BCUT2D eigenvalue weighted by Gasteiger charge is -2.40. The maximum absolute atomic E-state index is 12.1. The number of nitrogens with one attached hydrogen (secondary N) is 1. The van der Waals surface area contributed by atoms with Gasteiger partial charge < -0.3 is 15.3 Å². The Morgan fingerprint density at radius 3 is 2.35 bits per heavy atom. The van der Waals surface area contributed by atoms with Crippen LogP contribution >= 0.6 is 11.6 Å². The number of piperidine rings is 1. The lowest BCUT2D eigenvalue weighted by molar-refractivity contribution is -0.129. The molecule has 126 valence electrons. The Morgan fingerprint density at radius 1 is 1.26 bits per heavy atom. The van der Waals surface area contributed by atoms with Crippen LogP contribution in [-0.4, -0.2) is 41.1 Å². The maximum Gasteiger partial charge on any atom is 0.249 e. The molecule has 2 heterocycles. The zero-order valence-corrected chi connectivity index (χ0v) is 14.5. The molecule has 5 atom stereocenters. The molecule has 0 saturated carbocycles. The number of carbonyl (C=O) groups excluding carboxylic acids is 1. The summed E-state index contributed by atoms with van der Waals surface area (Å²) < 4.78 is 0. The molecular weight excluding hydrogens is 312 g/mol. The lowest BCUT2D eigenvalue weighted by atomic mass is 9.82. The highest BCUT2D eigenvalue weighted by molar-refractivity contribution is 6.30. The Balaban J connectivity index is 1.83. The SMILES string of the molecule is C[C@H](O)C(=O)N[C@@H](c1ccc(Cl)cc1)C1C[C@H]2CC[C@@H](C1)N2C. The van der Waals surface area contributed by atoms with E-state index < -0.39 is 6.10 Å². The van der Waals surface area contributed by atoms with Gasteiger partial charge in [-0.05, 0) is 63.3 Å². The van der Waals surface area contributed by atoms with E-state index >= 15 is 0 Å². The smallest absolute Gasteiger partial charge is 0.249 e. The topological polar surface area (TPSA) is 52.6 Å². The van der Waals surface area contributed by atoms with Crippen molar-refractivity contribution in [3.8, 4) is 0 Å². The molecule has 2 N–H and O–H groups in total. The van der Waals surface area contributed by atoms with Crippen LogP contribution in [0.3, 0.4) is 0 Å². The molecule has 4 nitrogen and oxygen atoms in total. The number of hydrogen-bond donors (Lipinski definition) is 2. The van der Waals surface area contributed by atoms with Crippen LogP contribution < -0.4 is 5.32 Å². The number of halogens is 1. The molecule has 0 aliphatic carbocycles. The number of amides is 1. The van der Waals surface area contributed by atoms with Crippen molar-refractivity contribution in [3.63, 3.8) is 0 Å². The van der Waals surface area contributed by atoms with Gasteiger partial charge >= 0.3 is 0 Å². The van der Waals surface area contributed by atoms with Gasteiger partial charge in [0.05, 0.1) is 6.04 Å². The summed E-state index contributed by atoms with van der Waals surface area (Å²) in [6.07, 6.45) is 3.67. The van der Waals surface area contributed by atoms with Crippen LogP contribution in [0.25, 0.3) is 0 Å². The van der Waals surface area contributed by atoms with Crippen LogP contribution in [0, 0.1) is 5.92 Å². The minimum absolute atomic E-state index is 0.0637. The van der Waals surface area contributed by atoms with E-state index in [4.69, 9.17) is 11.6 Å². The summed E-state index contributed by atoms with van der Waals surface area (Å²) in [7, 11) is 2.21. The number of carbonyl (C=O) groups is 1. The number of nitrogens with zero attached hydrogens (tertiary/aromatic N) is 1. The largest absolute Gasteiger partial charge is 0.384 e. The number of benzene rings is 1. The van der Waals surface area contributed by atoms with Gasteiger partial charge in [0.15, 0.2) is 0 Å². The molecule has 5 heteroatoms. The van der Waals surface area contributed by atoms with Crippen molar-refractivity contribution >= 4 is 17.5 Å². The van der Waals surface area contributed by atoms with Gasteiger partial charge in [0.25, 0.3) is 0 Å². The summed E-state index contributed by atoms with van der Waals surface area (Å²) in [5.41, 5.74) is 1.07. The summed E-state index contributed by atoms with van der Waals surface area (Å²) in [4.78, 5) is 14.6. The minimum atomic E-state index is -0.993. The molecule has 1 aromatic rings. The first-order valence-corrected chi connectivity index (χ1v) is 8.79. The van der Waals surface area contributed by atoms with E-state index in [1.807, 2.05) is 24.3 Å². The second kappa shape index (κ2) is 6.80. The van der Waals surface area contributed by atoms with Crippen molar-refractivity contribution in [2.45, 2.75) is 56.8 Å². The molecule has 1 unspecified atom stereocenters. The van der Waals surface area contributed by atoms with Crippen molar-refractivity contribution in [2.24, 2.45) is 5.92 Å². The molecule has 2 aliphatic heterocycles. The third-order valence-electron chi connectivity index (χ3n) is 5.51. The second-order valence-corrected chi connectivity index (χ2v) is 7.43. The number of rotatable bonds is 4. The van der Waals surface area contributed by atoms with E-state index in [9.17, 15) is 9.90 Å². The zero-order chi connectivity index (χ0) is 16.6. The van der Waals surface area contributed by atoms with Crippen molar-refractivity contribution in [1.29, 1.82) is 0 Å². The van der Waals surface area contributed by atoms with Crippen LogP contribution in [0.5, 0.6) is 0 Å². The predicted octanol–water partition coefficient (Wildman–Crippen LogP) is 2.75. The second-order valence-electron chi connectivity index (χ2n) is 7.00. The predicted molar refractivity (Wildman–Crippen MR) is 91.3 cm³/mol. The molecule has 1 amide bonds. The van der Waals surface area contributed by atoms with Crippen LogP contribution in [0.4, 0.5) is 0 Å². The van der Waals surface area contributed by atoms with Crippen molar-refractivity contribution in [3.05, 3.63) is 34.9 Å². The Kier molecular flexibility index (Phi) is 4.95. The van der Waals surface area contributed by atoms with Crippen LogP contribution in [0.15, 0.2) is 24.3 Å². The Morgan fingerprint density at radius 2 is 1.83 bits per heavy atom. The summed E-state index contributed by atoms with van der Waals surface area (Å²) in [6.45, 7) is 1.51. The van der Waals surface area contributed by atoms with Gasteiger partial charge in [-0.3, -0.25) is 4.79 Å². The Bertz CT molecular complexity index is 547. The third-order valence-corrected chi connectivity index (χ3v) is 5.76. The number of hydrogen-bond acceptors (Lipinski definition) is 3. The average molecular weight is 337 g/mol. The monoisotopic (exact) mass is 336 g/mol. The Labute approximate surface area is 142 Å². The van der Waals surface area contributed by atoms with Crippen molar-refractivity contribution in [1.82, 2.24) is 10.2 Å². The highest BCUT2D eigenvalue weighted by atomic mass is 35.5. The minimum Gasteiger partial charge on any atom is -0.384 e. The van der Waals surface area contributed by atoms with E-state index in [0.717, 1.165) is 18.4 Å². The number of aliphatic hydroxyl groups excluding tert-OH is 1. The molecule has 3 rings (SSSR count). The van der Waals surface area contributed by atoms with Gasteiger partial charge in [0, 0.05) is 17.1 Å². The van der Waals surface area contributed by atoms with Crippen LogP contribution in [-0.2, 0) is 4.79 Å². The van der Waals surface area contributed by atoms with Crippen LogP contribution in [0.2, 0.25) is 5.02 Å². The van der Waals surface area contributed by atoms with E-state index in [0.29, 0.717) is 23.0 Å². The summed E-state index contributed by atoms with van der Waals surface area (Å²) in [5, 5.41) is 13.3. The first-order chi connectivity index (χ1) is 11.0. The molecule has 0 spiro atoms. The van der Waals surface area contributed by atoms with E-state index in [1.165, 1.54) is 19.8 Å². The number of fused-ring (bicyclic) bond motifs is 2. The molecular formula is C18H25ClN2O2. The highest BCUT2D eigenvalue weighted by Gasteiger charge is 2.41. The summed E-state index contributed by atoms with van der Waals surface area (Å²) in [6, 6.07) is 8.84. The highest BCUT2D eigenvalue weighted by Crippen LogP contribution is 2.42. The fourth-order valence-corrected chi connectivity index (χ4v) is 4.27. The quantitative estimate of drug-likeness (QED) is 0.889. The number of aliphatic hydroxyl groups is 1. The van der Waals surface area contributed by atoms with Crippen molar-refractivity contribution < 1.29 is 9.90 Å². The molecule has 2 aliphatic rings.